The van der Waals surface area contributed by atoms with Gasteiger partial charge < -0.3 is 15.4 Å². The Morgan fingerprint density at radius 2 is 1.90 bits per heavy atom. The highest BCUT2D eigenvalue weighted by Gasteiger charge is 2.17. The molecule has 0 aliphatic heterocycles. The fourth-order valence-corrected chi connectivity index (χ4v) is 2.35. The van der Waals surface area contributed by atoms with Gasteiger partial charge in [0.15, 0.2) is 0 Å². The normalized spacial score (nSPS) is 12.0. The van der Waals surface area contributed by atoms with Gasteiger partial charge in [-0.3, -0.25) is 0 Å². The Morgan fingerprint density at radius 3 is 2.43 bits per heavy atom. The van der Waals surface area contributed by atoms with Crippen LogP contribution in [-0.2, 0) is 0 Å². The molecule has 0 aliphatic carbocycles. The molecule has 0 fully saturated rings. The quantitative estimate of drug-likeness (QED) is 0.917. The second kappa shape index (κ2) is 6.78. The zero-order valence-corrected chi connectivity index (χ0v) is 12.8. The highest BCUT2D eigenvalue weighted by molar-refractivity contribution is 6.30. The third-order valence-corrected chi connectivity index (χ3v) is 3.81. The molecule has 5 heteroatoms. The molecule has 2 rings (SSSR count). The molecule has 112 valence electrons. The van der Waals surface area contributed by atoms with Crippen LogP contribution in [0.15, 0.2) is 42.5 Å². The summed E-state index contributed by atoms with van der Waals surface area (Å²) in [6, 6.07) is 12.3. The first kappa shape index (κ1) is 15.6. The maximum absolute atomic E-state index is 13.6. The van der Waals surface area contributed by atoms with Gasteiger partial charge in [0.2, 0.25) is 0 Å². The van der Waals surface area contributed by atoms with E-state index in [1.165, 1.54) is 6.07 Å². The smallest absolute Gasteiger partial charge is 0.142 e. The predicted octanol–water partition coefficient (Wildman–Crippen LogP) is 3.62. The molecule has 0 radical (unpaired) electrons. The topological polar surface area (TPSA) is 38.5 Å². The number of nitrogens with zero attached hydrogens (tertiary/aromatic N) is 1. The first-order chi connectivity index (χ1) is 10.1. The number of hydrogen-bond donors (Lipinski definition) is 1. The average molecular weight is 309 g/mol. The number of likely N-dealkylation sites (N-methyl/N-ethyl adjacent to an activating group) is 1. The molecule has 0 saturated carbocycles. The van der Waals surface area contributed by atoms with E-state index in [0.717, 1.165) is 17.0 Å². The summed E-state index contributed by atoms with van der Waals surface area (Å²) in [7, 11) is 3.55. The molecular formula is C16H18ClFN2O. The first-order valence-corrected chi connectivity index (χ1v) is 6.96. The monoisotopic (exact) mass is 308 g/mol. The van der Waals surface area contributed by atoms with Crippen LogP contribution in [0.25, 0.3) is 0 Å². The lowest BCUT2D eigenvalue weighted by molar-refractivity contribution is 0.415. The van der Waals surface area contributed by atoms with Crippen LogP contribution in [0.5, 0.6) is 5.75 Å². The van der Waals surface area contributed by atoms with Crippen molar-refractivity contribution in [3.8, 4) is 5.75 Å². The van der Waals surface area contributed by atoms with Gasteiger partial charge in [-0.15, -0.1) is 0 Å². The van der Waals surface area contributed by atoms with Crippen LogP contribution in [0.2, 0.25) is 5.02 Å². The predicted molar refractivity (Wildman–Crippen MR) is 84.6 cm³/mol. The molecule has 2 aromatic carbocycles. The number of hydrogen-bond acceptors (Lipinski definition) is 3. The Kier molecular flexibility index (Phi) is 5.04. The molecule has 0 aromatic heterocycles. The van der Waals surface area contributed by atoms with Gasteiger partial charge in [-0.25, -0.2) is 4.39 Å². The second-order valence-corrected chi connectivity index (χ2v) is 5.14. The van der Waals surface area contributed by atoms with Crippen LogP contribution < -0.4 is 15.4 Å². The number of anilines is 1. The molecule has 0 saturated heterocycles. The third-order valence-electron chi connectivity index (χ3n) is 3.50. The van der Waals surface area contributed by atoms with Gasteiger partial charge in [0.1, 0.15) is 11.6 Å². The molecule has 0 spiro atoms. The van der Waals surface area contributed by atoms with Crippen molar-refractivity contribution in [2.24, 2.45) is 5.73 Å². The molecule has 0 bridgehead atoms. The number of rotatable bonds is 5. The summed E-state index contributed by atoms with van der Waals surface area (Å²) >= 11 is 5.72. The average Bonchev–Trinajstić information content (AvgIpc) is 2.51. The van der Waals surface area contributed by atoms with E-state index in [1.807, 2.05) is 36.2 Å². The van der Waals surface area contributed by atoms with Gasteiger partial charge in [0.25, 0.3) is 0 Å². The molecule has 1 atom stereocenters. The molecule has 3 nitrogen and oxygen atoms in total. The van der Waals surface area contributed by atoms with E-state index >= 15 is 0 Å². The van der Waals surface area contributed by atoms with Crippen molar-refractivity contribution in [1.82, 2.24) is 0 Å². The van der Waals surface area contributed by atoms with Crippen molar-refractivity contribution >= 4 is 17.3 Å². The minimum atomic E-state index is -0.434. The summed E-state index contributed by atoms with van der Waals surface area (Å²) in [5.41, 5.74) is 7.63. The molecule has 1 unspecified atom stereocenters. The van der Waals surface area contributed by atoms with Gasteiger partial charge in [0, 0.05) is 19.3 Å². The fraction of sp³-hybridized carbons (Fsp3) is 0.250. The standard InChI is InChI=1S/C16H18ClFN2O/c1-20(12-4-6-13(21-2)7-5-12)16(10-19)11-3-8-14(17)15(18)9-11/h3-9,16H,10,19H2,1-2H3. The van der Waals surface area contributed by atoms with E-state index in [9.17, 15) is 4.39 Å². The lowest BCUT2D eigenvalue weighted by Crippen LogP contribution is -2.30. The number of ether oxygens (including phenoxy) is 1. The van der Waals surface area contributed by atoms with E-state index in [0.29, 0.717) is 6.54 Å². The van der Waals surface area contributed by atoms with Crippen LogP contribution in [-0.4, -0.2) is 20.7 Å². The minimum absolute atomic E-state index is 0.113. The largest absolute Gasteiger partial charge is 0.497 e. The summed E-state index contributed by atoms with van der Waals surface area (Å²) in [6.07, 6.45) is 0. The summed E-state index contributed by atoms with van der Waals surface area (Å²) in [5, 5.41) is 0.113. The van der Waals surface area contributed by atoms with Gasteiger partial charge >= 0.3 is 0 Å². The van der Waals surface area contributed by atoms with Crippen molar-refractivity contribution in [2.75, 3.05) is 25.6 Å². The maximum atomic E-state index is 13.6. The molecule has 0 aliphatic rings. The van der Waals surface area contributed by atoms with Gasteiger partial charge in [-0.05, 0) is 42.0 Å². The SMILES string of the molecule is COc1ccc(N(C)C(CN)c2ccc(Cl)c(F)c2)cc1. The van der Waals surface area contributed by atoms with Crippen molar-refractivity contribution in [2.45, 2.75) is 6.04 Å². The van der Waals surface area contributed by atoms with E-state index in [4.69, 9.17) is 22.1 Å². The third kappa shape index (κ3) is 3.46. The summed E-state index contributed by atoms with van der Waals surface area (Å²) in [4.78, 5) is 2.00. The van der Waals surface area contributed by atoms with Crippen molar-refractivity contribution in [1.29, 1.82) is 0 Å². The van der Waals surface area contributed by atoms with Crippen molar-refractivity contribution < 1.29 is 9.13 Å². The van der Waals surface area contributed by atoms with E-state index in [2.05, 4.69) is 0 Å². The summed E-state index contributed by atoms with van der Waals surface area (Å²) < 4.78 is 18.8. The van der Waals surface area contributed by atoms with Crippen LogP contribution >= 0.6 is 11.6 Å². The minimum Gasteiger partial charge on any atom is -0.497 e. The van der Waals surface area contributed by atoms with Crippen LogP contribution in [0.1, 0.15) is 11.6 Å². The molecule has 2 N–H and O–H groups in total. The number of nitrogens with two attached hydrogens (primary N) is 1. The molecule has 0 amide bonds. The molecule has 2 aromatic rings. The van der Waals surface area contributed by atoms with Crippen LogP contribution in [0.3, 0.4) is 0 Å². The van der Waals surface area contributed by atoms with E-state index in [-0.39, 0.29) is 11.1 Å². The lowest BCUT2D eigenvalue weighted by Gasteiger charge is -2.29. The Bertz CT molecular complexity index is 604. The Labute approximate surface area is 129 Å². The fourth-order valence-electron chi connectivity index (χ4n) is 2.23. The lowest BCUT2D eigenvalue weighted by atomic mass is 10.0. The number of methoxy groups -OCH3 is 1. The molecular weight excluding hydrogens is 291 g/mol. The van der Waals surface area contributed by atoms with Gasteiger partial charge in [-0.2, -0.15) is 0 Å². The second-order valence-electron chi connectivity index (χ2n) is 4.73. The summed E-state index contributed by atoms with van der Waals surface area (Å²) in [5.74, 6) is 0.352. The zero-order valence-electron chi connectivity index (χ0n) is 12.0. The Hall–Kier alpha value is -1.78. The van der Waals surface area contributed by atoms with E-state index < -0.39 is 5.82 Å². The van der Waals surface area contributed by atoms with Gasteiger partial charge in [-0.1, -0.05) is 17.7 Å². The number of halogens is 2. The Morgan fingerprint density at radius 1 is 1.24 bits per heavy atom. The van der Waals surface area contributed by atoms with Crippen molar-refractivity contribution in [3.05, 3.63) is 58.9 Å². The highest BCUT2D eigenvalue weighted by atomic mass is 35.5. The number of benzene rings is 2. The van der Waals surface area contributed by atoms with Crippen LogP contribution in [0.4, 0.5) is 10.1 Å². The Balaban J connectivity index is 2.28. The highest BCUT2D eigenvalue weighted by Crippen LogP contribution is 2.28. The summed E-state index contributed by atoms with van der Waals surface area (Å²) in [6.45, 7) is 0.365. The molecule has 0 heterocycles. The van der Waals surface area contributed by atoms with E-state index in [1.54, 1.807) is 19.2 Å². The van der Waals surface area contributed by atoms with Gasteiger partial charge in [0.05, 0.1) is 18.2 Å². The van der Waals surface area contributed by atoms with Crippen LogP contribution in [0, 0.1) is 5.82 Å². The maximum Gasteiger partial charge on any atom is 0.142 e. The zero-order chi connectivity index (χ0) is 15.4. The van der Waals surface area contributed by atoms with Crippen molar-refractivity contribution in [3.63, 3.8) is 0 Å². The first-order valence-electron chi connectivity index (χ1n) is 6.58. The molecule has 21 heavy (non-hydrogen) atoms.